The first-order chi connectivity index (χ1) is 10.7. The Kier molecular flexibility index (Phi) is 7.35. The molecule has 1 amide bonds. The number of aryl methyl sites for hydroxylation is 1. The lowest BCUT2D eigenvalue weighted by Crippen LogP contribution is -2.40. The highest BCUT2D eigenvalue weighted by Crippen LogP contribution is 2.25. The van der Waals surface area contributed by atoms with Crippen molar-refractivity contribution in [1.82, 2.24) is 5.32 Å². The van der Waals surface area contributed by atoms with Crippen molar-refractivity contribution in [2.45, 2.75) is 33.6 Å². The van der Waals surface area contributed by atoms with E-state index in [1.165, 1.54) is 4.31 Å². The normalized spacial score (nSPS) is 11.6. The number of carbonyl (C=O) groups excluding carboxylic acids is 1. The highest BCUT2D eigenvalue weighted by molar-refractivity contribution is 7.92. The van der Waals surface area contributed by atoms with Gasteiger partial charge in [-0.2, -0.15) is 0 Å². The number of rotatable bonds is 8. The smallest absolute Gasteiger partial charge is 0.232 e. The van der Waals surface area contributed by atoms with E-state index in [0.29, 0.717) is 10.7 Å². The summed E-state index contributed by atoms with van der Waals surface area (Å²) in [5, 5.41) is 3.29. The van der Waals surface area contributed by atoms with Crippen LogP contribution in [0.1, 0.15) is 32.3 Å². The van der Waals surface area contributed by atoms with Crippen molar-refractivity contribution in [3.8, 4) is 0 Å². The lowest BCUT2D eigenvalue weighted by Gasteiger charge is -2.25. The molecule has 0 heterocycles. The molecule has 1 N–H and O–H groups in total. The predicted octanol–water partition coefficient (Wildman–Crippen LogP) is 2.97. The monoisotopic (exact) mass is 360 g/mol. The first-order valence-electron chi connectivity index (χ1n) is 7.72. The van der Waals surface area contributed by atoms with E-state index >= 15 is 0 Å². The van der Waals surface area contributed by atoms with E-state index in [1.54, 1.807) is 18.2 Å². The fourth-order valence-corrected chi connectivity index (χ4v) is 3.54. The van der Waals surface area contributed by atoms with Crippen LogP contribution in [0.25, 0.3) is 0 Å². The number of nitrogens with one attached hydrogen (secondary N) is 1. The minimum atomic E-state index is -3.46. The molecule has 0 saturated carbocycles. The quantitative estimate of drug-likeness (QED) is 0.775. The van der Waals surface area contributed by atoms with Gasteiger partial charge >= 0.3 is 0 Å². The molecule has 23 heavy (non-hydrogen) atoms. The number of nitrogens with zero attached hydrogens (tertiary/aromatic N) is 1. The van der Waals surface area contributed by atoms with Crippen molar-refractivity contribution in [3.05, 3.63) is 28.8 Å². The van der Waals surface area contributed by atoms with Gasteiger partial charge < -0.3 is 5.32 Å². The van der Waals surface area contributed by atoms with Crippen molar-refractivity contribution in [2.24, 2.45) is 5.92 Å². The van der Waals surface area contributed by atoms with Crippen LogP contribution in [0.15, 0.2) is 18.2 Å². The summed E-state index contributed by atoms with van der Waals surface area (Å²) < 4.78 is 25.5. The van der Waals surface area contributed by atoms with Crippen LogP contribution in [0, 0.1) is 12.8 Å². The van der Waals surface area contributed by atoms with Crippen molar-refractivity contribution < 1.29 is 13.2 Å². The zero-order chi connectivity index (χ0) is 17.6. The Bertz CT molecular complexity index is 643. The average Bonchev–Trinajstić information content (AvgIpc) is 2.46. The number of anilines is 1. The molecule has 0 aromatic heterocycles. The fourth-order valence-electron chi connectivity index (χ4n) is 2.40. The summed E-state index contributed by atoms with van der Waals surface area (Å²) in [6, 6.07) is 5.12. The van der Waals surface area contributed by atoms with Crippen molar-refractivity contribution in [3.63, 3.8) is 0 Å². The van der Waals surface area contributed by atoms with Gasteiger partial charge in [0, 0.05) is 17.5 Å². The summed E-state index contributed by atoms with van der Waals surface area (Å²) in [7, 11) is -3.46. The zero-order valence-electron chi connectivity index (χ0n) is 14.1. The van der Waals surface area contributed by atoms with Crippen LogP contribution in [0.3, 0.4) is 0 Å². The minimum absolute atomic E-state index is 0.0328. The van der Waals surface area contributed by atoms with Gasteiger partial charge in [-0.3, -0.25) is 9.10 Å². The SMILES string of the molecule is CCC(CC)C(=O)NCCN(c1cc(Cl)ccc1C)S(C)(=O)=O. The Morgan fingerprint density at radius 1 is 1.30 bits per heavy atom. The molecular formula is C16H25ClN2O3S. The lowest BCUT2D eigenvalue weighted by atomic mass is 10.0. The second-order valence-electron chi connectivity index (χ2n) is 5.57. The molecule has 0 radical (unpaired) electrons. The van der Waals surface area contributed by atoms with Crippen LogP contribution in [0.4, 0.5) is 5.69 Å². The standard InChI is InChI=1S/C16H25ClN2O3S/c1-5-13(6-2)16(20)18-9-10-19(23(4,21)22)15-11-14(17)8-7-12(15)3/h7-8,11,13H,5-6,9-10H2,1-4H3,(H,18,20). The number of amides is 1. The third kappa shape index (κ3) is 5.70. The molecule has 7 heteroatoms. The Morgan fingerprint density at radius 3 is 2.43 bits per heavy atom. The maximum atomic E-state index is 12.1. The molecule has 0 saturated heterocycles. The van der Waals surface area contributed by atoms with Crippen molar-refractivity contribution >= 4 is 33.2 Å². The molecule has 1 rings (SSSR count). The van der Waals surface area contributed by atoms with Gasteiger partial charge in [0.05, 0.1) is 18.5 Å². The number of hydrogen-bond acceptors (Lipinski definition) is 3. The summed E-state index contributed by atoms with van der Waals surface area (Å²) in [4.78, 5) is 12.0. The van der Waals surface area contributed by atoms with Crippen LogP contribution < -0.4 is 9.62 Å². The third-order valence-electron chi connectivity index (χ3n) is 3.81. The number of sulfonamides is 1. The highest BCUT2D eigenvalue weighted by atomic mass is 35.5. The van der Waals surface area contributed by atoms with Gasteiger partial charge in [-0.1, -0.05) is 31.5 Å². The predicted molar refractivity (Wildman–Crippen MR) is 95.5 cm³/mol. The van der Waals surface area contributed by atoms with Gasteiger partial charge in [0.2, 0.25) is 15.9 Å². The van der Waals surface area contributed by atoms with E-state index in [2.05, 4.69) is 5.32 Å². The van der Waals surface area contributed by atoms with Gasteiger partial charge in [-0.25, -0.2) is 8.42 Å². The van der Waals surface area contributed by atoms with Crippen LogP contribution in [0.2, 0.25) is 5.02 Å². The maximum absolute atomic E-state index is 12.1. The fraction of sp³-hybridized carbons (Fsp3) is 0.562. The second-order valence-corrected chi connectivity index (χ2v) is 7.91. The molecule has 5 nitrogen and oxygen atoms in total. The number of hydrogen-bond donors (Lipinski definition) is 1. The molecule has 130 valence electrons. The molecule has 0 bridgehead atoms. The minimum Gasteiger partial charge on any atom is -0.354 e. The molecule has 0 spiro atoms. The van der Waals surface area contributed by atoms with Gasteiger partial charge in [0.25, 0.3) is 0 Å². The molecular weight excluding hydrogens is 336 g/mol. The summed E-state index contributed by atoms with van der Waals surface area (Å²) in [6.45, 7) is 6.19. The first-order valence-corrected chi connectivity index (χ1v) is 9.94. The van der Waals surface area contributed by atoms with E-state index in [4.69, 9.17) is 11.6 Å². The van der Waals surface area contributed by atoms with E-state index < -0.39 is 10.0 Å². The molecule has 0 unspecified atom stereocenters. The second kappa shape index (κ2) is 8.55. The number of halogens is 1. The van der Waals surface area contributed by atoms with E-state index in [0.717, 1.165) is 24.7 Å². The Morgan fingerprint density at radius 2 is 1.91 bits per heavy atom. The van der Waals surface area contributed by atoms with Crippen molar-refractivity contribution in [1.29, 1.82) is 0 Å². The van der Waals surface area contributed by atoms with Gasteiger partial charge in [-0.15, -0.1) is 0 Å². The molecule has 0 atom stereocenters. The zero-order valence-corrected chi connectivity index (χ0v) is 15.7. The third-order valence-corrected chi connectivity index (χ3v) is 5.23. The molecule has 0 aliphatic carbocycles. The number of carbonyl (C=O) groups is 1. The average molecular weight is 361 g/mol. The molecule has 0 aliphatic heterocycles. The van der Waals surface area contributed by atoms with Crippen LogP contribution in [0.5, 0.6) is 0 Å². The van der Waals surface area contributed by atoms with Crippen LogP contribution in [-0.2, 0) is 14.8 Å². The van der Waals surface area contributed by atoms with E-state index in [-0.39, 0.29) is 24.9 Å². The van der Waals surface area contributed by atoms with E-state index in [1.807, 2.05) is 20.8 Å². The summed E-state index contributed by atoms with van der Waals surface area (Å²) in [5.74, 6) is -0.0687. The molecule has 0 fully saturated rings. The molecule has 1 aromatic carbocycles. The Balaban J connectivity index is 2.86. The Labute approximate surface area is 144 Å². The first kappa shape index (κ1) is 19.8. The maximum Gasteiger partial charge on any atom is 0.232 e. The Hall–Kier alpha value is -1.27. The summed E-state index contributed by atoms with van der Waals surface area (Å²) in [5.41, 5.74) is 1.35. The van der Waals surface area contributed by atoms with Crippen LogP contribution in [-0.4, -0.2) is 33.7 Å². The van der Waals surface area contributed by atoms with Gasteiger partial charge in [0.1, 0.15) is 0 Å². The largest absolute Gasteiger partial charge is 0.354 e. The summed E-state index contributed by atoms with van der Waals surface area (Å²) >= 11 is 5.98. The number of benzene rings is 1. The van der Waals surface area contributed by atoms with Gasteiger partial charge in [-0.05, 0) is 37.5 Å². The highest BCUT2D eigenvalue weighted by Gasteiger charge is 2.20. The van der Waals surface area contributed by atoms with Crippen molar-refractivity contribution in [2.75, 3.05) is 23.7 Å². The topological polar surface area (TPSA) is 66.5 Å². The molecule has 0 aliphatic rings. The van der Waals surface area contributed by atoms with Crippen LogP contribution >= 0.6 is 11.6 Å². The van der Waals surface area contributed by atoms with Gasteiger partial charge in [0.15, 0.2) is 0 Å². The lowest BCUT2D eigenvalue weighted by molar-refractivity contribution is -0.125. The summed E-state index contributed by atoms with van der Waals surface area (Å²) in [6.07, 6.45) is 2.69. The van der Waals surface area contributed by atoms with E-state index in [9.17, 15) is 13.2 Å². The molecule has 1 aromatic rings.